The molecular formula is C13H20N2O2S. The minimum Gasteiger partial charge on any atom is -0.365 e. The van der Waals surface area contributed by atoms with Gasteiger partial charge in [-0.1, -0.05) is 13.0 Å². The van der Waals surface area contributed by atoms with E-state index in [1.54, 1.807) is 6.07 Å². The number of benzene rings is 1. The third-order valence-corrected chi connectivity index (χ3v) is 5.36. The van der Waals surface area contributed by atoms with Crippen molar-refractivity contribution in [3.05, 3.63) is 23.8 Å². The highest BCUT2D eigenvalue weighted by atomic mass is 32.2. The summed E-state index contributed by atoms with van der Waals surface area (Å²) in [7, 11) is -3.16. The van der Waals surface area contributed by atoms with Gasteiger partial charge in [-0.3, -0.25) is 0 Å². The first-order valence-corrected chi connectivity index (χ1v) is 7.97. The number of fused-ring (bicyclic) bond motifs is 1. The monoisotopic (exact) mass is 268 g/mol. The molecule has 0 amide bonds. The number of nitrogens with two attached hydrogens (primary N) is 1. The van der Waals surface area contributed by atoms with Crippen molar-refractivity contribution in [3.63, 3.8) is 0 Å². The van der Waals surface area contributed by atoms with Crippen LogP contribution in [0, 0.1) is 0 Å². The van der Waals surface area contributed by atoms with Gasteiger partial charge in [-0.05, 0) is 31.0 Å². The molecule has 0 fully saturated rings. The van der Waals surface area contributed by atoms with Crippen LogP contribution in [0.3, 0.4) is 0 Å². The topological polar surface area (TPSA) is 63.4 Å². The van der Waals surface area contributed by atoms with Gasteiger partial charge >= 0.3 is 0 Å². The first kappa shape index (κ1) is 13.4. The van der Waals surface area contributed by atoms with E-state index in [1.807, 2.05) is 26.0 Å². The van der Waals surface area contributed by atoms with Crippen LogP contribution in [0.4, 0.5) is 5.69 Å². The third kappa shape index (κ3) is 2.24. The Morgan fingerprint density at radius 1 is 1.44 bits per heavy atom. The zero-order valence-electron chi connectivity index (χ0n) is 10.9. The van der Waals surface area contributed by atoms with E-state index in [0.29, 0.717) is 18.0 Å². The summed E-state index contributed by atoms with van der Waals surface area (Å²) >= 11 is 0. The minimum absolute atomic E-state index is 0.0153. The van der Waals surface area contributed by atoms with Crippen molar-refractivity contribution in [1.82, 2.24) is 0 Å². The number of sulfone groups is 1. The maximum atomic E-state index is 12.2. The molecule has 1 unspecified atom stereocenters. The molecule has 5 heteroatoms. The standard InChI is InChI=1S/C13H20N2O2S/c1-3-11-4-5-12-13(8-11)18(16,17)9-10(2)15(12)7-6-14/h4-5,8,10H,3,6-7,9,14H2,1-2H3. The third-order valence-electron chi connectivity index (χ3n) is 3.44. The lowest BCUT2D eigenvalue weighted by Gasteiger charge is -2.36. The molecule has 1 aliphatic rings. The summed E-state index contributed by atoms with van der Waals surface area (Å²) < 4.78 is 24.5. The molecule has 4 nitrogen and oxygen atoms in total. The first-order valence-electron chi connectivity index (χ1n) is 6.32. The van der Waals surface area contributed by atoms with Crippen LogP contribution < -0.4 is 10.6 Å². The molecule has 0 saturated carbocycles. The van der Waals surface area contributed by atoms with Crippen LogP contribution >= 0.6 is 0 Å². The zero-order chi connectivity index (χ0) is 13.3. The van der Waals surface area contributed by atoms with Crippen LogP contribution in [0.2, 0.25) is 0 Å². The quantitative estimate of drug-likeness (QED) is 0.894. The SMILES string of the molecule is CCc1ccc2c(c1)S(=O)(=O)CC(C)N2CCN. The maximum absolute atomic E-state index is 12.2. The average Bonchev–Trinajstić information content (AvgIpc) is 2.33. The molecule has 100 valence electrons. The lowest BCUT2D eigenvalue weighted by molar-refractivity contribution is 0.572. The second kappa shape index (κ2) is 4.90. The van der Waals surface area contributed by atoms with Crippen molar-refractivity contribution < 1.29 is 8.42 Å². The molecule has 1 aliphatic heterocycles. The van der Waals surface area contributed by atoms with Crippen molar-refractivity contribution in [2.45, 2.75) is 31.2 Å². The van der Waals surface area contributed by atoms with Gasteiger partial charge < -0.3 is 10.6 Å². The molecule has 1 aromatic carbocycles. The van der Waals surface area contributed by atoms with Gasteiger partial charge in [0, 0.05) is 19.1 Å². The van der Waals surface area contributed by atoms with Crippen molar-refractivity contribution >= 4 is 15.5 Å². The number of aryl methyl sites for hydroxylation is 1. The van der Waals surface area contributed by atoms with Crippen LogP contribution in [0.1, 0.15) is 19.4 Å². The summed E-state index contributed by atoms with van der Waals surface area (Å²) in [6, 6.07) is 5.70. The Bertz CT molecular complexity index is 540. The molecule has 1 aromatic rings. The summed E-state index contributed by atoms with van der Waals surface area (Å²) in [6.07, 6.45) is 0.843. The van der Waals surface area contributed by atoms with Crippen molar-refractivity contribution in [2.75, 3.05) is 23.7 Å². The molecule has 18 heavy (non-hydrogen) atoms. The number of nitrogens with zero attached hydrogens (tertiary/aromatic N) is 1. The summed E-state index contributed by atoms with van der Waals surface area (Å²) in [4.78, 5) is 2.56. The lowest BCUT2D eigenvalue weighted by atomic mass is 10.1. The van der Waals surface area contributed by atoms with Crippen molar-refractivity contribution in [3.8, 4) is 0 Å². The zero-order valence-corrected chi connectivity index (χ0v) is 11.7. The Morgan fingerprint density at radius 3 is 2.78 bits per heavy atom. The summed E-state index contributed by atoms with van der Waals surface area (Å²) in [5, 5.41) is 0. The minimum atomic E-state index is -3.16. The van der Waals surface area contributed by atoms with Crippen LogP contribution in [0.25, 0.3) is 0 Å². The van der Waals surface area contributed by atoms with Crippen LogP contribution in [-0.2, 0) is 16.3 Å². The van der Waals surface area contributed by atoms with Crippen LogP contribution in [0.15, 0.2) is 23.1 Å². The highest BCUT2D eigenvalue weighted by molar-refractivity contribution is 7.91. The Hall–Kier alpha value is -1.07. The van der Waals surface area contributed by atoms with Crippen molar-refractivity contribution in [1.29, 1.82) is 0 Å². The fraction of sp³-hybridized carbons (Fsp3) is 0.538. The molecule has 2 rings (SSSR count). The highest BCUT2D eigenvalue weighted by Gasteiger charge is 2.32. The predicted octanol–water partition coefficient (Wildman–Crippen LogP) is 1.19. The molecule has 0 aromatic heterocycles. The van der Waals surface area contributed by atoms with E-state index in [1.165, 1.54) is 0 Å². The summed E-state index contributed by atoms with van der Waals surface area (Å²) in [6.45, 7) is 5.18. The second-order valence-electron chi connectivity index (χ2n) is 4.77. The van der Waals surface area contributed by atoms with E-state index in [2.05, 4.69) is 4.90 Å². The van der Waals surface area contributed by atoms with Crippen LogP contribution in [-0.4, -0.2) is 33.3 Å². The molecule has 0 saturated heterocycles. The second-order valence-corrected chi connectivity index (χ2v) is 6.77. The Labute approximate surface area is 109 Å². The maximum Gasteiger partial charge on any atom is 0.182 e. The van der Waals surface area contributed by atoms with E-state index in [0.717, 1.165) is 17.7 Å². The van der Waals surface area contributed by atoms with E-state index < -0.39 is 9.84 Å². The summed E-state index contributed by atoms with van der Waals surface area (Å²) in [5.74, 6) is 0.174. The Kier molecular flexibility index (Phi) is 3.64. The van der Waals surface area contributed by atoms with E-state index in [4.69, 9.17) is 5.73 Å². The highest BCUT2D eigenvalue weighted by Crippen LogP contribution is 2.33. The van der Waals surface area contributed by atoms with Gasteiger partial charge in [0.2, 0.25) is 0 Å². The van der Waals surface area contributed by atoms with Gasteiger partial charge in [-0.2, -0.15) is 0 Å². The molecular weight excluding hydrogens is 248 g/mol. The Balaban J connectivity index is 2.57. The molecule has 1 atom stereocenters. The number of rotatable bonds is 3. The van der Waals surface area contributed by atoms with Crippen molar-refractivity contribution in [2.24, 2.45) is 5.73 Å². The van der Waals surface area contributed by atoms with E-state index in [-0.39, 0.29) is 11.8 Å². The predicted molar refractivity (Wildman–Crippen MR) is 73.7 cm³/mol. The lowest BCUT2D eigenvalue weighted by Crippen LogP contribution is -2.45. The van der Waals surface area contributed by atoms with E-state index in [9.17, 15) is 8.42 Å². The van der Waals surface area contributed by atoms with Gasteiger partial charge in [0.1, 0.15) is 0 Å². The largest absolute Gasteiger partial charge is 0.365 e. The molecule has 0 bridgehead atoms. The van der Waals surface area contributed by atoms with Gasteiger partial charge in [-0.25, -0.2) is 8.42 Å². The smallest absolute Gasteiger partial charge is 0.182 e. The average molecular weight is 268 g/mol. The van der Waals surface area contributed by atoms with Gasteiger partial charge in [0.25, 0.3) is 0 Å². The van der Waals surface area contributed by atoms with Gasteiger partial charge in [0.15, 0.2) is 9.84 Å². The molecule has 0 radical (unpaired) electrons. The molecule has 0 spiro atoms. The fourth-order valence-electron chi connectivity index (χ4n) is 2.48. The number of anilines is 1. The molecule has 1 heterocycles. The molecule has 2 N–H and O–H groups in total. The first-order chi connectivity index (χ1) is 8.49. The number of hydrogen-bond acceptors (Lipinski definition) is 4. The number of hydrogen-bond donors (Lipinski definition) is 1. The van der Waals surface area contributed by atoms with Gasteiger partial charge in [-0.15, -0.1) is 0 Å². The molecule has 0 aliphatic carbocycles. The fourth-order valence-corrected chi connectivity index (χ4v) is 4.31. The van der Waals surface area contributed by atoms with E-state index >= 15 is 0 Å². The summed E-state index contributed by atoms with van der Waals surface area (Å²) in [5.41, 5.74) is 7.47. The Morgan fingerprint density at radius 2 is 2.17 bits per heavy atom. The normalized spacial score (nSPS) is 21.7. The van der Waals surface area contributed by atoms with Crippen LogP contribution in [0.5, 0.6) is 0 Å². The van der Waals surface area contributed by atoms with Gasteiger partial charge in [0.05, 0.1) is 16.3 Å².